The minimum Gasteiger partial charge on any atom is -0.266 e. The third kappa shape index (κ3) is 2.80. The van der Waals surface area contributed by atoms with Gasteiger partial charge in [0.25, 0.3) is 23.6 Å². The molecule has 0 saturated carbocycles. The van der Waals surface area contributed by atoms with Crippen LogP contribution in [0.5, 0.6) is 0 Å². The monoisotopic (exact) mass is 366 g/mol. The molecular weight excluding hydrogens is 352 g/mol. The summed E-state index contributed by atoms with van der Waals surface area (Å²) >= 11 is 0. The quantitative estimate of drug-likeness (QED) is 0.572. The van der Waals surface area contributed by atoms with Crippen molar-refractivity contribution < 1.29 is 28.9 Å². The van der Waals surface area contributed by atoms with Gasteiger partial charge in [-0.1, -0.05) is 24.3 Å². The normalized spacial score (nSPS) is 15.6. The standard InChI is InChI=1S/C19H14N2O6/c22-16-12-6-1-2-7-13(12)17(23)20(16)26-10-5-11-27-21-18(24)14-8-3-4-9-15(14)19(21)25/h1-4,6-9H,5,10-11H2. The molecular formula is C19H14N2O6. The van der Waals surface area contributed by atoms with Crippen molar-refractivity contribution in [1.29, 1.82) is 0 Å². The van der Waals surface area contributed by atoms with Crippen LogP contribution in [0, 0.1) is 0 Å². The maximum atomic E-state index is 12.1. The molecule has 2 heterocycles. The number of amides is 4. The fourth-order valence-corrected chi connectivity index (χ4v) is 2.94. The van der Waals surface area contributed by atoms with Gasteiger partial charge in [0.05, 0.1) is 35.5 Å². The van der Waals surface area contributed by atoms with Gasteiger partial charge in [0.1, 0.15) is 0 Å². The van der Waals surface area contributed by atoms with Crippen LogP contribution in [0.4, 0.5) is 0 Å². The third-order valence-electron chi connectivity index (χ3n) is 4.24. The van der Waals surface area contributed by atoms with E-state index < -0.39 is 23.6 Å². The summed E-state index contributed by atoms with van der Waals surface area (Å²) in [6.07, 6.45) is 0.265. The van der Waals surface area contributed by atoms with E-state index in [-0.39, 0.29) is 19.6 Å². The summed E-state index contributed by atoms with van der Waals surface area (Å²) in [7, 11) is 0. The number of nitrogens with zero attached hydrogens (tertiary/aromatic N) is 2. The second-order valence-corrected chi connectivity index (χ2v) is 5.92. The van der Waals surface area contributed by atoms with Crippen molar-refractivity contribution in [2.75, 3.05) is 13.2 Å². The lowest BCUT2D eigenvalue weighted by atomic mass is 10.1. The highest BCUT2D eigenvalue weighted by molar-refractivity contribution is 6.21. The lowest BCUT2D eigenvalue weighted by molar-refractivity contribution is -0.117. The van der Waals surface area contributed by atoms with Crippen LogP contribution in [0.3, 0.4) is 0 Å². The first-order chi connectivity index (χ1) is 13.1. The highest BCUT2D eigenvalue weighted by Crippen LogP contribution is 2.24. The Kier molecular flexibility index (Phi) is 4.27. The van der Waals surface area contributed by atoms with E-state index in [0.717, 1.165) is 0 Å². The SMILES string of the molecule is O=C1c2ccccc2C(=O)N1OCCCON1C(=O)c2ccccc2C1=O. The zero-order valence-corrected chi connectivity index (χ0v) is 14.1. The van der Waals surface area contributed by atoms with Crippen molar-refractivity contribution in [2.24, 2.45) is 0 Å². The van der Waals surface area contributed by atoms with E-state index in [1.807, 2.05) is 0 Å². The van der Waals surface area contributed by atoms with Gasteiger partial charge in [0.2, 0.25) is 0 Å². The number of benzene rings is 2. The second kappa shape index (κ2) is 6.75. The second-order valence-electron chi connectivity index (χ2n) is 5.92. The molecule has 4 amide bonds. The number of imide groups is 2. The van der Waals surface area contributed by atoms with Crippen molar-refractivity contribution in [1.82, 2.24) is 10.1 Å². The molecule has 0 aromatic heterocycles. The Balaban J connectivity index is 1.28. The van der Waals surface area contributed by atoms with E-state index in [1.54, 1.807) is 48.5 Å². The summed E-state index contributed by atoms with van der Waals surface area (Å²) in [4.78, 5) is 59.1. The maximum Gasteiger partial charge on any atom is 0.285 e. The van der Waals surface area contributed by atoms with Gasteiger partial charge in [0.15, 0.2) is 0 Å². The van der Waals surface area contributed by atoms with Crippen molar-refractivity contribution in [3.8, 4) is 0 Å². The molecule has 0 aliphatic carbocycles. The van der Waals surface area contributed by atoms with Crippen molar-refractivity contribution in [2.45, 2.75) is 6.42 Å². The number of carbonyl (C=O) groups excluding carboxylic acids is 4. The average Bonchev–Trinajstić information content (AvgIpc) is 3.08. The van der Waals surface area contributed by atoms with Crippen LogP contribution >= 0.6 is 0 Å². The predicted molar refractivity (Wildman–Crippen MR) is 90.4 cm³/mol. The van der Waals surface area contributed by atoms with E-state index in [2.05, 4.69) is 0 Å². The van der Waals surface area contributed by atoms with Gasteiger partial charge in [-0.15, -0.1) is 10.1 Å². The molecule has 0 saturated heterocycles. The fraction of sp³-hybridized carbons (Fsp3) is 0.158. The molecule has 0 bridgehead atoms. The van der Waals surface area contributed by atoms with E-state index >= 15 is 0 Å². The van der Waals surface area contributed by atoms with Crippen LogP contribution in [0.15, 0.2) is 48.5 Å². The molecule has 2 aliphatic rings. The summed E-state index contributed by atoms with van der Waals surface area (Å²) < 4.78 is 0. The Morgan fingerprint density at radius 2 is 0.852 bits per heavy atom. The van der Waals surface area contributed by atoms with Crippen molar-refractivity contribution in [3.63, 3.8) is 0 Å². The lowest BCUT2D eigenvalue weighted by Crippen LogP contribution is -2.32. The number of hydroxylamine groups is 4. The van der Waals surface area contributed by atoms with Gasteiger partial charge in [0, 0.05) is 0 Å². The molecule has 0 spiro atoms. The molecule has 2 aromatic rings. The lowest BCUT2D eigenvalue weighted by Gasteiger charge is -2.15. The van der Waals surface area contributed by atoms with Crippen LogP contribution < -0.4 is 0 Å². The van der Waals surface area contributed by atoms with Gasteiger partial charge in [-0.3, -0.25) is 28.9 Å². The molecule has 8 heteroatoms. The van der Waals surface area contributed by atoms with Crippen molar-refractivity contribution >= 4 is 23.6 Å². The first-order valence-corrected chi connectivity index (χ1v) is 8.31. The average molecular weight is 366 g/mol. The minimum absolute atomic E-state index is 0.00857. The molecule has 2 aromatic carbocycles. The van der Waals surface area contributed by atoms with Crippen LogP contribution in [-0.2, 0) is 9.68 Å². The highest BCUT2D eigenvalue weighted by Gasteiger charge is 2.37. The molecule has 27 heavy (non-hydrogen) atoms. The zero-order valence-electron chi connectivity index (χ0n) is 14.1. The van der Waals surface area contributed by atoms with Gasteiger partial charge in [-0.25, -0.2) is 0 Å². The predicted octanol–water partition coefficient (Wildman–Crippen LogP) is 1.83. The van der Waals surface area contributed by atoms with Crippen LogP contribution in [0.1, 0.15) is 47.9 Å². The van der Waals surface area contributed by atoms with Crippen LogP contribution in [-0.4, -0.2) is 47.0 Å². The maximum absolute atomic E-state index is 12.1. The van der Waals surface area contributed by atoms with Crippen LogP contribution in [0.25, 0.3) is 0 Å². The molecule has 0 fully saturated rings. The topological polar surface area (TPSA) is 93.2 Å². The Hall–Kier alpha value is -3.36. The number of hydrogen-bond acceptors (Lipinski definition) is 6. The summed E-state index contributed by atoms with van der Waals surface area (Å²) in [5.41, 5.74) is 1.18. The van der Waals surface area contributed by atoms with Gasteiger partial charge in [-0.2, -0.15) is 0 Å². The Morgan fingerprint density at radius 3 is 1.15 bits per heavy atom. The molecule has 8 nitrogen and oxygen atoms in total. The highest BCUT2D eigenvalue weighted by atomic mass is 16.7. The summed E-state index contributed by atoms with van der Waals surface area (Å²) in [6, 6.07) is 12.9. The minimum atomic E-state index is -0.517. The summed E-state index contributed by atoms with van der Waals surface area (Å²) in [5.74, 6) is -2.07. The number of carbonyl (C=O) groups is 4. The van der Waals surface area contributed by atoms with Gasteiger partial charge >= 0.3 is 0 Å². The van der Waals surface area contributed by atoms with E-state index in [9.17, 15) is 19.2 Å². The Bertz CT molecular complexity index is 823. The largest absolute Gasteiger partial charge is 0.285 e. The van der Waals surface area contributed by atoms with Crippen molar-refractivity contribution in [3.05, 3.63) is 70.8 Å². The molecule has 2 aliphatic heterocycles. The van der Waals surface area contributed by atoms with E-state index in [4.69, 9.17) is 9.68 Å². The third-order valence-corrected chi connectivity index (χ3v) is 4.24. The number of fused-ring (bicyclic) bond motifs is 2. The number of hydrogen-bond donors (Lipinski definition) is 0. The van der Waals surface area contributed by atoms with E-state index in [0.29, 0.717) is 32.4 Å². The molecule has 0 atom stereocenters. The zero-order chi connectivity index (χ0) is 19.0. The smallest absolute Gasteiger partial charge is 0.266 e. The first-order valence-electron chi connectivity index (χ1n) is 8.31. The van der Waals surface area contributed by atoms with Crippen LogP contribution in [0.2, 0.25) is 0 Å². The molecule has 0 unspecified atom stereocenters. The first kappa shape index (κ1) is 17.1. The molecule has 136 valence electrons. The Morgan fingerprint density at radius 1 is 0.556 bits per heavy atom. The summed E-state index contributed by atoms with van der Waals surface area (Å²) in [5, 5.41) is 1.43. The van der Waals surface area contributed by atoms with E-state index in [1.165, 1.54) is 0 Å². The summed E-state index contributed by atoms with van der Waals surface area (Å²) in [6.45, 7) is 0.0171. The molecule has 0 N–H and O–H groups in total. The Labute approximate surface area is 153 Å². The fourth-order valence-electron chi connectivity index (χ4n) is 2.94. The van der Waals surface area contributed by atoms with Gasteiger partial charge in [-0.05, 0) is 30.7 Å². The molecule has 0 radical (unpaired) electrons. The number of rotatable bonds is 6. The van der Waals surface area contributed by atoms with Gasteiger partial charge < -0.3 is 0 Å². The molecule has 4 rings (SSSR count).